The number of nitrogens with one attached hydrogen (secondary N) is 1. The summed E-state index contributed by atoms with van der Waals surface area (Å²) in [6.07, 6.45) is 3.27. The van der Waals surface area contributed by atoms with E-state index in [0.29, 0.717) is 31.1 Å². The fraction of sp³-hybridized carbons (Fsp3) is 0.706. The first-order valence-electron chi connectivity index (χ1n) is 8.47. The Kier molecular flexibility index (Phi) is 5.44. The highest BCUT2D eigenvalue weighted by molar-refractivity contribution is 5.92. The van der Waals surface area contributed by atoms with E-state index in [1.54, 1.807) is 6.20 Å². The molecule has 1 atom stereocenters. The average Bonchev–Trinajstić information content (AvgIpc) is 2.89. The highest BCUT2D eigenvalue weighted by Crippen LogP contribution is 2.25. The maximum Gasteiger partial charge on any atom is 0.271 e. The Morgan fingerprint density at radius 3 is 2.61 bits per heavy atom. The van der Waals surface area contributed by atoms with Gasteiger partial charge in [-0.1, -0.05) is 13.8 Å². The van der Waals surface area contributed by atoms with Crippen molar-refractivity contribution in [2.45, 2.75) is 66.1 Å². The molecule has 1 aromatic heterocycles. The number of carbonyl (C=O) groups is 2. The van der Waals surface area contributed by atoms with Gasteiger partial charge in [0, 0.05) is 31.7 Å². The Labute approximate surface area is 138 Å². The van der Waals surface area contributed by atoms with Crippen molar-refractivity contribution in [3.05, 3.63) is 17.7 Å². The molecule has 1 aliphatic rings. The van der Waals surface area contributed by atoms with Gasteiger partial charge in [-0.2, -0.15) is 0 Å². The van der Waals surface area contributed by atoms with E-state index in [9.17, 15) is 9.59 Å². The van der Waals surface area contributed by atoms with Crippen molar-refractivity contribution in [2.75, 3.05) is 6.54 Å². The van der Waals surface area contributed by atoms with Gasteiger partial charge in [-0.3, -0.25) is 9.59 Å². The topological polar surface area (TPSA) is 67.2 Å². The molecule has 128 valence electrons. The summed E-state index contributed by atoms with van der Waals surface area (Å²) in [7, 11) is 0. The van der Waals surface area contributed by atoms with Crippen LogP contribution in [0.25, 0.3) is 0 Å². The largest absolute Gasteiger partial charge is 0.348 e. The van der Waals surface area contributed by atoms with Crippen LogP contribution in [-0.4, -0.2) is 38.9 Å². The molecular weight excluding hydrogens is 292 g/mol. The summed E-state index contributed by atoms with van der Waals surface area (Å²) in [6.45, 7) is 11.4. The minimum atomic E-state index is -0.160. The first-order valence-corrected chi connectivity index (χ1v) is 8.47. The molecule has 0 radical (unpaired) electrons. The lowest BCUT2D eigenvalue weighted by Crippen LogP contribution is -2.41. The van der Waals surface area contributed by atoms with Crippen molar-refractivity contribution in [1.29, 1.82) is 0 Å². The van der Waals surface area contributed by atoms with Crippen molar-refractivity contribution in [1.82, 2.24) is 19.8 Å². The summed E-state index contributed by atoms with van der Waals surface area (Å²) in [5, 5.41) is 2.85. The third-order valence-corrected chi connectivity index (χ3v) is 4.14. The van der Waals surface area contributed by atoms with Gasteiger partial charge in [0.15, 0.2) is 0 Å². The predicted molar refractivity (Wildman–Crippen MR) is 89.0 cm³/mol. The van der Waals surface area contributed by atoms with Crippen molar-refractivity contribution >= 4 is 11.8 Å². The van der Waals surface area contributed by atoms with Gasteiger partial charge in [0.1, 0.15) is 11.5 Å². The second-order valence-electron chi connectivity index (χ2n) is 7.00. The van der Waals surface area contributed by atoms with Crippen molar-refractivity contribution in [2.24, 2.45) is 5.92 Å². The molecule has 0 bridgehead atoms. The van der Waals surface area contributed by atoms with Crippen LogP contribution in [0.5, 0.6) is 0 Å². The number of hydrogen-bond donors (Lipinski definition) is 1. The van der Waals surface area contributed by atoms with Crippen molar-refractivity contribution in [3.8, 4) is 0 Å². The second-order valence-corrected chi connectivity index (χ2v) is 7.00. The number of nitrogens with zero attached hydrogens (tertiary/aromatic N) is 3. The van der Waals surface area contributed by atoms with Gasteiger partial charge in [0.05, 0.1) is 6.04 Å². The molecule has 2 amide bonds. The fourth-order valence-corrected chi connectivity index (χ4v) is 2.83. The molecule has 0 aliphatic carbocycles. The smallest absolute Gasteiger partial charge is 0.271 e. The molecule has 0 spiro atoms. The van der Waals surface area contributed by atoms with Crippen LogP contribution in [0.1, 0.15) is 69.8 Å². The van der Waals surface area contributed by atoms with Gasteiger partial charge >= 0.3 is 0 Å². The maximum absolute atomic E-state index is 12.4. The molecule has 1 N–H and O–H groups in total. The molecule has 1 aromatic rings. The fourth-order valence-electron chi connectivity index (χ4n) is 2.83. The van der Waals surface area contributed by atoms with E-state index in [-0.39, 0.29) is 23.9 Å². The van der Waals surface area contributed by atoms with Crippen LogP contribution in [0.3, 0.4) is 0 Å². The molecule has 23 heavy (non-hydrogen) atoms. The third-order valence-electron chi connectivity index (χ3n) is 4.14. The number of aromatic nitrogens is 2. The molecule has 0 aromatic carbocycles. The van der Waals surface area contributed by atoms with Crippen LogP contribution in [-0.2, 0) is 11.3 Å². The van der Waals surface area contributed by atoms with E-state index in [1.807, 2.05) is 30.2 Å². The summed E-state index contributed by atoms with van der Waals surface area (Å²) in [5.74, 6) is 1.33. The van der Waals surface area contributed by atoms with E-state index < -0.39 is 0 Å². The molecule has 0 saturated carbocycles. The number of amides is 2. The summed E-state index contributed by atoms with van der Waals surface area (Å²) in [5.41, 5.74) is 0.428. The Balaban J connectivity index is 2.10. The highest BCUT2D eigenvalue weighted by atomic mass is 16.2. The van der Waals surface area contributed by atoms with Gasteiger partial charge in [-0.15, -0.1) is 0 Å². The van der Waals surface area contributed by atoms with Crippen molar-refractivity contribution in [3.63, 3.8) is 0 Å². The first kappa shape index (κ1) is 17.5. The van der Waals surface area contributed by atoms with E-state index in [0.717, 1.165) is 12.2 Å². The molecule has 0 fully saturated rings. The second kappa shape index (κ2) is 7.15. The van der Waals surface area contributed by atoms with Gasteiger partial charge in [-0.25, -0.2) is 4.98 Å². The molecule has 6 nitrogen and oxygen atoms in total. The summed E-state index contributed by atoms with van der Waals surface area (Å²) >= 11 is 0. The Morgan fingerprint density at radius 1 is 1.30 bits per heavy atom. The number of fused-ring (bicyclic) bond motifs is 1. The van der Waals surface area contributed by atoms with Gasteiger partial charge in [0.2, 0.25) is 5.91 Å². The quantitative estimate of drug-likeness (QED) is 0.905. The Bertz CT molecular complexity index is 577. The van der Waals surface area contributed by atoms with Crippen LogP contribution in [0.4, 0.5) is 0 Å². The van der Waals surface area contributed by atoms with E-state index >= 15 is 0 Å². The van der Waals surface area contributed by atoms with E-state index in [1.165, 1.54) is 0 Å². The Hall–Kier alpha value is -1.85. The molecular formula is C17H28N4O2. The molecule has 0 saturated heterocycles. The average molecular weight is 320 g/mol. The highest BCUT2D eigenvalue weighted by Gasteiger charge is 2.30. The van der Waals surface area contributed by atoms with Crippen LogP contribution < -0.4 is 5.32 Å². The summed E-state index contributed by atoms with van der Waals surface area (Å²) < 4.78 is 1.99. The Morgan fingerprint density at radius 2 is 2.00 bits per heavy atom. The van der Waals surface area contributed by atoms with E-state index in [2.05, 4.69) is 24.1 Å². The van der Waals surface area contributed by atoms with Crippen LogP contribution in [0.15, 0.2) is 6.20 Å². The number of imidazole rings is 1. The lowest BCUT2D eigenvalue weighted by molar-refractivity contribution is -0.134. The van der Waals surface area contributed by atoms with Crippen LogP contribution in [0, 0.1) is 5.92 Å². The molecule has 2 rings (SSSR count). The van der Waals surface area contributed by atoms with Gasteiger partial charge in [-0.05, 0) is 33.1 Å². The monoisotopic (exact) mass is 320 g/mol. The first-order chi connectivity index (χ1) is 10.8. The lowest BCUT2D eigenvalue weighted by Gasteiger charge is -2.34. The zero-order valence-electron chi connectivity index (χ0n) is 14.8. The molecule has 6 heteroatoms. The summed E-state index contributed by atoms with van der Waals surface area (Å²) in [6, 6.07) is -0.0169. The molecule has 2 heterocycles. The zero-order valence-corrected chi connectivity index (χ0v) is 14.8. The predicted octanol–water partition coefficient (Wildman–Crippen LogP) is 2.36. The zero-order chi connectivity index (χ0) is 17.1. The standard InChI is InChI=1S/C17H28N4O2/c1-11(2)6-7-15(22)21-9-8-20-10-14(17(23)18-12(3)4)19-16(20)13(21)5/h10-13H,6-9H2,1-5H3,(H,18,23)/t13-/m1/s1. The van der Waals surface area contributed by atoms with E-state index in [4.69, 9.17) is 0 Å². The maximum atomic E-state index is 12.4. The normalized spacial score (nSPS) is 17.5. The van der Waals surface area contributed by atoms with Gasteiger partial charge in [0.25, 0.3) is 5.91 Å². The lowest BCUT2D eigenvalue weighted by atomic mass is 10.1. The number of hydrogen-bond acceptors (Lipinski definition) is 3. The molecule has 0 unspecified atom stereocenters. The SMILES string of the molecule is CC(C)CCC(=O)N1CCn2cc(C(=O)NC(C)C)nc2[C@H]1C. The van der Waals surface area contributed by atoms with Crippen molar-refractivity contribution < 1.29 is 9.59 Å². The minimum Gasteiger partial charge on any atom is -0.348 e. The van der Waals surface area contributed by atoms with Crippen LogP contribution in [0.2, 0.25) is 0 Å². The number of carbonyl (C=O) groups excluding carboxylic acids is 2. The third kappa shape index (κ3) is 4.12. The van der Waals surface area contributed by atoms with Crippen LogP contribution >= 0.6 is 0 Å². The number of rotatable bonds is 5. The molecule has 1 aliphatic heterocycles. The minimum absolute atomic E-state index is 0.0766. The van der Waals surface area contributed by atoms with Gasteiger partial charge < -0.3 is 14.8 Å². The summed E-state index contributed by atoms with van der Waals surface area (Å²) in [4.78, 5) is 30.9.